The predicted molar refractivity (Wildman–Crippen MR) is 102 cm³/mol. The molecule has 26 heavy (non-hydrogen) atoms. The topological polar surface area (TPSA) is 50.5 Å². The molecule has 1 rings (SSSR count). The van der Waals surface area contributed by atoms with Gasteiger partial charge in [0.2, 0.25) is 5.91 Å². The number of carbonyl (C=O) groups is 1. The van der Waals surface area contributed by atoms with Crippen LogP contribution in [0.1, 0.15) is 20.8 Å². The molecular weight excluding hydrogens is 389 g/mol. The SMILES string of the molecule is C=N/C=C\C=C(/C)n1cc(N(CC)C(=O)C(C)CSC(F)(F)F)c(Cl)n1. The summed E-state index contributed by atoms with van der Waals surface area (Å²) >= 11 is 5.92. The number of aliphatic imine (C=N–C) groups is 1. The van der Waals surface area contributed by atoms with Gasteiger partial charge in [0.15, 0.2) is 5.15 Å². The van der Waals surface area contributed by atoms with Gasteiger partial charge in [-0.1, -0.05) is 30.3 Å². The summed E-state index contributed by atoms with van der Waals surface area (Å²) in [6.45, 7) is 8.54. The lowest BCUT2D eigenvalue weighted by Gasteiger charge is -2.23. The van der Waals surface area contributed by atoms with Gasteiger partial charge in [0.25, 0.3) is 0 Å². The second-order valence-electron chi connectivity index (χ2n) is 5.32. The molecule has 0 saturated carbocycles. The normalized spacial score (nSPS) is 13.9. The van der Waals surface area contributed by atoms with E-state index in [1.54, 1.807) is 32.2 Å². The van der Waals surface area contributed by atoms with Gasteiger partial charge in [-0.2, -0.15) is 18.3 Å². The molecule has 0 saturated heterocycles. The molecule has 1 amide bonds. The van der Waals surface area contributed by atoms with E-state index >= 15 is 0 Å². The van der Waals surface area contributed by atoms with Gasteiger partial charge in [0.05, 0.1) is 6.20 Å². The van der Waals surface area contributed by atoms with Crippen molar-refractivity contribution in [2.45, 2.75) is 26.3 Å². The van der Waals surface area contributed by atoms with Gasteiger partial charge >= 0.3 is 5.51 Å². The maximum absolute atomic E-state index is 12.5. The molecule has 0 bridgehead atoms. The molecule has 0 radical (unpaired) electrons. The van der Waals surface area contributed by atoms with Crippen molar-refractivity contribution in [3.63, 3.8) is 0 Å². The summed E-state index contributed by atoms with van der Waals surface area (Å²) in [5.74, 6) is -1.62. The Morgan fingerprint density at radius 1 is 1.58 bits per heavy atom. The second kappa shape index (κ2) is 9.82. The van der Waals surface area contributed by atoms with Crippen LogP contribution in [-0.4, -0.2) is 40.2 Å². The number of thioether (sulfide) groups is 1. The molecular formula is C16H20ClF3N4OS. The first-order chi connectivity index (χ1) is 12.1. The van der Waals surface area contributed by atoms with Crippen LogP contribution >= 0.6 is 23.4 Å². The minimum absolute atomic E-state index is 0.0921. The molecule has 0 aliphatic carbocycles. The lowest BCUT2D eigenvalue weighted by molar-refractivity contribution is -0.121. The fraction of sp³-hybridized carbons (Fsp3) is 0.438. The van der Waals surface area contributed by atoms with Crippen LogP contribution < -0.4 is 4.90 Å². The summed E-state index contributed by atoms with van der Waals surface area (Å²) in [5, 5.41) is 4.23. The zero-order valence-electron chi connectivity index (χ0n) is 14.6. The third-order valence-electron chi connectivity index (χ3n) is 3.33. The van der Waals surface area contributed by atoms with E-state index in [0.29, 0.717) is 11.4 Å². The highest BCUT2D eigenvalue weighted by Gasteiger charge is 2.32. The first-order valence-corrected chi connectivity index (χ1v) is 9.04. The van der Waals surface area contributed by atoms with Crippen molar-refractivity contribution in [3.8, 4) is 0 Å². The minimum Gasteiger partial charge on any atom is -0.308 e. The molecule has 0 aliphatic rings. The maximum Gasteiger partial charge on any atom is 0.441 e. The molecule has 1 aromatic rings. The second-order valence-corrected chi connectivity index (χ2v) is 6.77. The van der Waals surface area contributed by atoms with Crippen molar-refractivity contribution < 1.29 is 18.0 Å². The van der Waals surface area contributed by atoms with Crippen molar-refractivity contribution >= 4 is 47.4 Å². The van der Waals surface area contributed by atoms with Gasteiger partial charge in [-0.25, -0.2) is 4.68 Å². The summed E-state index contributed by atoms with van der Waals surface area (Å²) < 4.78 is 38.5. The highest BCUT2D eigenvalue weighted by Crippen LogP contribution is 2.33. The van der Waals surface area contributed by atoms with E-state index in [0.717, 1.165) is 0 Å². The molecule has 0 aliphatic heterocycles. The highest BCUT2D eigenvalue weighted by molar-refractivity contribution is 8.00. The summed E-state index contributed by atoms with van der Waals surface area (Å²) in [6.07, 6.45) is 6.45. The summed E-state index contributed by atoms with van der Waals surface area (Å²) in [7, 11) is 0. The third kappa shape index (κ3) is 6.53. The lowest BCUT2D eigenvalue weighted by Crippen LogP contribution is -2.36. The van der Waals surface area contributed by atoms with Gasteiger partial charge in [0, 0.05) is 30.1 Å². The summed E-state index contributed by atoms with van der Waals surface area (Å²) in [6, 6.07) is 0. The molecule has 0 fully saturated rings. The summed E-state index contributed by atoms with van der Waals surface area (Å²) in [5.41, 5.74) is -3.31. The number of allylic oxidation sites excluding steroid dienone is 3. The van der Waals surface area contributed by atoms with E-state index in [1.165, 1.54) is 22.7 Å². The Kier molecular flexibility index (Phi) is 8.42. The zero-order valence-corrected chi connectivity index (χ0v) is 16.2. The number of anilines is 1. The van der Waals surface area contributed by atoms with Gasteiger partial charge in [-0.05, 0) is 32.7 Å². The van der Waals surface area contributed by atoms with E-state index in [2.05, 4.69) is 16.8 Å². The van der Waals surface area contributed by atoms with Crippen LogP contribution in [0.25, 0.3) is 5.70 Å². The van der Waals surface area contributed by atoms with Crippen molar-refractivity contribution in [1.29, 1.82) is 0 Å². The lowest BCUT2D eigenvalue weighted by atomic mass is 10.2. The molecule has 1 heterocycles. The molecule has 10 heteroatoms. The molecule has 0 spiro atoms. The molecule has 1 aromatic heterocycles. The quantitative estimate of drug-likeness (QED) is 0.456. The average molecular weight is 409 g/mol. The van der Waals surface area contributed by atoms with Gasteiger partial charge < -0.3 is 4.90 Å². The van der Waals surface area contributed by atoms with Crippen molar-refractivity contribution in [1.82, 2.24) is 9.78 Å². The van der Waals surface area contributed by atoms with Gasteiger partial charge in [-0.3, -0.25) is 9.79 Å². The van der Waals surface area contributed by atoms with Crippen molar-refractivity contribution in [3.05, 3.63) is 29.7 Å². The Balaban J connectivity index is 3.00. The van der Waals surface area contributed by atoms with Crippen LogP contribution in [0, 0.1) is 5.92 Å². The zero-order chi connectivity index (χ0) is 19.9. The van der Waals surface area contributed by atoms with Gasteiger partial charge in [-0.15, -0.1) is 0 Å². The van der Waals surface area contributed by atoms with E-state index in [9.17, 15) is 18.0 Å². The predicted octanol–water partition coefficient (Wildman–Crippen LogP) is 4.85. The highest BCUT2D eigenvalue weighted by atomic mass is 35.5. The maximum atomic E-state index is 12.5. The Morgan fingerprint density at radius 3 is 2.77 bits per heavy atom. The van der Waals surface area contributed by atoms with Crippen molar-refractivity contribution in [2.24, 2.45) is 10.9 Å². The number of halogens is 4. The number of nitrogens with zero attached hydrogens (tertiary/aromatic N) is 4. The largest absolute Gasteiger partial charge is 0.441 e. The number of amides is 1. The fourth-order valence-electron chi connectivity index (χ4n) is 2.03. The van der Waals surface area contributed by atoms with E-state index in [1.807, 2.05) is 0 Å². The first kappa shape index (κ1) is 22.3. The average Bonchev–Trinajstić information content (AvgIpc) is 2.94. The van der Waals surface area contributed by atoms with Crippen molar-refractivity contribution in [2.75, 3.05) is 17.2 Å². The number of alkyl halides is 3. The van der Waals surface area contributed by atoms with Crippen LogP contribution in [-0.2, 0) is 4.79 Å². The van der Waals surface area contributed by atoms with Crippen LogP contribution in [0.4, 0.5) is 18.9 Å². The Morgan fingerprint density at radius 2 is 2.23 bits per heavy atom. The molecule has 5 nitrogen and oxygen atoms in total. The fourth-order valence-corrected chi connectivity index (χ4v) is 2.84. The smallest absolute Gasteiger partial charge is 0.308 e. The monoisotopic (exact) mass is 408 g/mol. The molecule has 1 unspecified atom stereocenters. The summed E-state index contributed by atoms with van der Waals surface area (Å²) in [4.78, 5) is 17.5. The molecule has 0 aromatic carbocycles. The van der Waals surface area contributed by atoms with E-state index in [-0.39, 0.29) is 29.2 Å². The van der Waals surface area contributed by atoms with Crippen LogP contribution in [0.3, 0.4) is 0 Å². The number of rotatable bonds is 8. The minimum atomic E-state index is -4.37. The Hall–Kier alpha value is -1.74. The number of hydrogen-bond acceptors (Lipinski definition) is 4. The molecule has 0 N–H and O–H groups in total. The Bertz CT molecular complexity index is 700. The van der Waals surface area contributed by atoms with Crippen LogP contribution in [0.2, 0.25) is 5.15 Å². The van der Waals surface area contributed by atoms with E-state index < -0.39 is 17.3 Å². The Labute approximate surface area is 159 Å². The van der Waals surface area contributed by atoms with Gasteiger partial charge in [0.1, 0.15) is 5.69 Å². The molecule has 144 valence electrons. The standard InChI is InChI=1S/C16H20ClF3N4OS/c1-5-23(15(25)11(2)10-26-16(18,19)20)13-9-24(22-14(13)17)12(3)7-6-8-21-4/h6-9,11H,4-5,10H2,1-3H3/b8-6-,12-7+. The van der Waals surface area contributed by atoms with E-state index in [4.69, 9.17) is 11.6 Å². The third-order valence-corrected chi connectivity index (χ3v) is 4.60. The van der Waals surface area contributed by atoms with Crippen LogP contribution in [0.15, 0.2) is 29.5 Å². The first-order valence-electron chi connectivity index (χ1n) is 7.67. The number of aromatic nitrogens is 2. The number of hydrogen-bond donors (Lipinski definition) is 0. The van der Waals surface area contributed by atoms with Crippen LogP contribution in [0.5, 0.6) is 0 Å². The molecule has 1 atom stereocenters. The number of carbonyl (C=O) groups excluding carboxylic acids is 1.